The minimum atomic E-state index is -2.28. The lowest BCUT2D eigenvalue weighted by Gasteiger charge is -2.23. The zero-order chi connectivity index (χ0) is 22.7. The minimum Gasteiger partial charge on any atom is -0.480 e. The van der Waals surface area contributed by atoms with Crippen molar-refractivity contribution in [2.24, 2.45) is 0 Å². The van der Waals surface area contributed by atoms with E-state index in [9.17, 15) is 5.11 Å². The number of nitrogens with one attached hydrogen (secondary N) is 2. The highest BCUT2D eigenvalue weighted by Gasteiger charge is 2.31. The number of fused-ring (bicyclic) bond motifs is 1. The number of aliphatic hydroxyl groups is 1. The van der Waals surface area contributed by atoms with Crippen LogP contribution in [0.1, 0.15) is 51.1 Å². The maximum absolute atomic E-state index is 9.67. The summed E-state index contributed by atoms with van der Waals surface area (Å²) >= 11 is 0. The van der Waals surface area contributed by atoms with Crippen molar-refractivity contribution in [2.45, 2.75) is 57.1 Å². The van der Waals surface area contributed by atoms with Crippen LogP contribution in [0.4, 0.5) is 5.95 Å². The molecule has 1 aliphatic heterocycles. The van der Waals surface area contributed by atoms with Gasteiger partial charge in [-0.05, 0) is 38.3 Å². The second kappa shape index (κ2) is 9.46. The number of hydrogen-bond acceptors (Lipinski definition) is 8. The van der Waals surface area contributed by atoms with Crippen molar-refractivity contribution in [1.82, 2.24) is 29.9 Å². The van der Waals surface area contributed by atoms with Crippen LogP contribution in [-0.4, -0.2) is 70.1 Å². The Hall–Kier alpha value is -2.65. The average Bonchev–Trinajstić information content (AvgIpc) is 3.54. The molecule has 1 saturated heterocycles. The number of nitrogens with zero attached hydrogens (tertiary/aromatic N) is 5. The van der Waals surface area contributed by atoms with Crippen molar-refractivity contribution in [3.05, 3.63) is 30.2 Å². The highest BCUT2D eigenvalue weighted by molar-refractivity contribution is 6.37. The molecule has 3 aromatic rings. The van der Waals surface area contributed by atoms with Crippen LogP contribution in [0.5, 0.6) is 5.75 Å². The standard InChI is InChI=1S/C19H21B2N7O2.C2H6/c20-19(21,29)30-15-8-16-24-10-14(28(16)27-17(15)11-3-4-11)13-5-7-23-18(26-13)25-12-2-1-6-22-9-12;1-2/h5,7-8,10-12,22,29H,1-4,6,9H2,(H,23,25,26);1-2H3. The fourth-order valence-corrected chi connectivity index (χ4v) is 3.71. The Labute approximate surface area is 190 Å². The van der Waals surface area contributed by atoms with Gasteiger partial charge in [-0.1, -0.05) is 13.8 Å². The van der Waals surface area contributed by atoms with Crippen LogP contribution in [0, 0.1) is 0 Å². The van der Waals surface area contributed by atoms with Crippen LogP contribution in [0.2, 0.25) is 0 Å². The first kappa shape index (κ1) is 22.5. The third-order valence-corrected chi connectivity index (χ3v) is 5.27. The average molecular weight is 431 g/mol. The number of aromatic nitrogens is 5. The van der Waals surface area contributed by atoms with Crippen LogP contribution in [0.3, 0.4) is 0 Å². The number of piperidine rings is 1. The first-order valence-electron chi connectivity index (χ1n) is 11.1. The second-order valence-electron chi connectivity index (χ2n) is 7.89. The summed E-state index contributed by atoms with van der Waals surface area (Å²) in [7, 11) is 10.8. The Morgan fingerprint density at radius 2 is 2.06 bits per heavy atom. The summed E-state index contributed by atoms with van der Waals surface area (Å²) in [5, 5.41) is 21.2. The van der Waals surface area contributed by atoms with E-state index in [1.54, 1.807) is 23.0 Å². The fourth-order valence-electron chi connectivity index (χ4n) is 3.71. The van der Waals surface area contributed by atoms with Crippen LogP contribution in [0.25, 0.3) is 17.0 Å². The van der Waals surface area contributed by atoms with Crippen LogP contribution in [-0.2, 0) is 0 Å². The van der Waals surface area contributed by atoms with E-state index in [0.717, 1.165) is 44.5 Å². The van der Waals surface area contributed by atoms with Crippen molar-refractivity contribution in [1.29, 1.82) is 0 Å². The highest BCUT2D eigenvalue weighted by atomic mass is 16.6. The SMILES string of the molecule is CC.[B]C([B])(O)Oc1cc2ncc(-c3ccnc(NC4CCCNC4)n3)n2nc1C1CC1. The first-order chi connectivity index (χ1) is 15.5. The molecule has 3 aromatic heterocycles. The van der Waals surface area contributed by atoms with Gasteiger partial charge >= 0.3 is 0 Å². The molecule has 11 heteroatoms. The highest BCUT2D eigenvalue weighted by Crippen LogP contribution is 2.44. The van der Waals surface area contributed by atoms with E-state index in [1.807, 2.05) is 19.9 Å². The Morgan fingerprint density at radius 3 is 2.75 bits per heavy atom. The maximum Gasteiger partial charge on any atom is 0.223 e. The van der Waals surface area contributed by atoms with E-state index >= 15 is 0 Å². The molecule has 1 unspecified atom stereocenters. The molecule has 3 N–H and O–H groups in total. The molecule has 1 saturated carbocycles. The van der Waals surface area contributed by atoms with Crippen molar-refractivity contribution in [3.8, 4) is 17.1 Å². The largest absolute Gasteiger partial charge is 0.480 e. The first-order valence-corrected chi connectivity index (χ1v) is 11.1. The predicted molar refractivity (Wildman–Crippen MR) is 124 cm³/mol. The monoisotopic (exact) mass is 431 g/mol. The lowest BCUT2D eigenvalue weighted by molar-refractivity contribution is 0.0116. The smallest absolute Gasteiger partial charge is 0.223 e. The summed E-state index contributed by atoms with van der Waals surface area (Å²) in [5.74, 6) is 1.16. The zero-order valence-electron chi connectivity index (χ0n) is 18.5. The van der Waals surface area contributed by atoms with Gasteiger partial charge in [0.25, 0.3) is 0 Å². The van der Waals surface area contributed by atoms with Gasteiger partial charge in [0.05, 0.1) is 11.9 Å². The van der Waals surface area contributed by atoms with E-state index in [1.165, 1.54) is 0 Å². The van der Waals surface area contributed by atoms with Gasteiger partial charge in [-0.2, -0.15) is 5.10 Å². The summed E-state index contributed by atoms with van der Waals surface area (Å²) in [6.07, 6.45) is 7.62. The third-order valence-electron chi connectivity index (χ3n) is 5.27. The lowest BCUT2D eigenvalue weighted by atomic mass is 9.76. The minimum absolute atomic E-state index is 0.239. The fraction of sp³-hybridized carbons (Fsp3) is 0.524. The van der Waals surface area contributed by atoms with Crippen molar-refractivity contribution >= 4 is 27.3 Å². The number of imidazole rings is 1. The van der Waals surface area contributed by atoms with Crippen LogP contribution in [0.15, 0.2) is 24.5 Å². The second-order valence-corrected chi connectivity index (χ2v) is 7.89. The van der Waals surface area contributed by atoms with E-state index in [2.05, 4.69) is 25.6 Å². The molecule has 32 heavy (non-hydrogen) atoms. The third kappa shape index (κ3) is 5.21. The molecule has 4 radical (unpaired) electrons. The molecular formula is C21H27B2N7O2. The molecule has 4 heterocycles. The molecule has 0 spiro atoms. The summed E-state index contributed by atoms with van der Waals surface area (Å²) in [4.78, 5) is 13.4. The van der Waals surface area contributed by atoms with Crippen molar-refractivity contribution in [3.63, 3.8) is 0 Å². The van der Waals surface area contributed by atoms with Crippen LogP contribution < -0.4 is 15.4 Å². The maximum atomic E-state index is 9.67. The zero-order valence-corrected chi connectivity index (χ0v) is 18.5. The Kier molecular flexibility index (Phi) is 6.66. The van der Waals surface area contributed by atoms with Crippen LogP contribution >= 0.6 is 0 Å². The molecule has 0 bridgehead atoms. The topological polar surface area (TPSA) is 109 Å². The number of ether oxygens (including phenoxy) is 1. The number of rotatable bonds is 6. The Bertz CT molecular complexity index is 1060. The molecule has 0 amide bonds. The van der Waals surface area contributed by atoms with Gasteiger partial charge in [0.2, 0.25) is 5.95 Å². The molecule has 2 fully saturated rings. The van der Waals surface area contributed by atoms with E-state index in [0.29, 0.717) is 34.8 Å². The molecule has 1 atom stereocenters. The molecule has 0 aromatic carbocycles. The molecule has 9 nitrogen and oxygen atoms in total. The van der Waals surface area contributed by atoms with Gasteiger partial charge in [0.1, 0.15) is 22.7 Å². The van der Waals surface area contributed by atoms with E-state index in [-0.39, 0.29) is 5.92 Å². The Morgan fingerprint density at radius 1 is 1.25 bits per heavy atom. The number of anilines is 1. The molecule has 2 aliphatic rings. The Balaban J connectivity index is 0.00000119. The summed E-state index contributed by atoms with van der Waals surface area (Å²) in [6, 6.07) is 3.82. The quantitative estimate of drug-likeness (QED) is 0.399. The van der Waals surface area contributed by atoms with Gasteiger partial charge in [0.15, 0.2) is 21.3 Å². The summed E-state index contributed by atoms with van der Waals surface area (Å²) in [5.41, 5.74) is 0.401. The summed E-state index contributed by atoms with van der Waals surface area (Å²) < 4.78 is 7.04. The molecule has 5 rings (SSSR count). The van der Waals surface area contributed by atoms with Gasteiger partial charge < -0.3 is 20.5 Å². The number of hydrogen-bond donors (Lipinski definition) is 3. The van der Waals surface area contributed by atoms with Crippen molar-refractivity contribution in [2.75, 3.05) is 18.4 Å². The molecule has 164 valence electrons. The molecular weight excluding hydrogens is 404 g/mol. The van der Waals surface area contributed by atoms with Gasteiger partial charge in [-0.15, -0.1) is 0 Å². The van der Waals surface area contributed by atoms with Gasteiger partial charge in [-0.3, -0.25) is 0 Å². The summed E-state index contributed by atoms with van der Waals surface area (Å²) in [6.45, 7) is 5.94. The van der Waals surface area contributed by atoms with Crippen molar-refractivity contribution < 1.29 is 9.84 Å². The van der Waals surface area contributed by atoms with E-state index < -0.39 is 5.59 Å². The lowest BCUT2D eigenvalue weighted by Crippen LogP contribution is -2.38. The van der Waals surface area contributed by atoms with Gasteiger partial charge in [-0.25, -0.2) is 19.5 Å². The normalized spacial score (nSPS) is 18.7. The van der Waals surface area contributed by atoms with E-state index in [4.69, 9.17) is 25.5 Å². The predicted octanol–water partition coefficient (Wildman–Crippen LogP) is 1.57. The van der Waals surface area contributed by atoms with Gasteiger partial charge in [0, 0.05) is 30.8 Å². The molecule has 1 aliphatic carbocycles.